The molecule has 0 bridgehead atoms. The third-order valence-electron chi connectivity index (χ3n) is 6.86. The fourth-order valence-electron chi connectivity index (χ4n) is 6.17. The summed E-state index contributed by atoms with van der Waals surface area (Å²) in [6.45, 7) is 15.0. The maximum absolute atomic E-state index is 3.10. The summed E-state index contributed by atoms with van der Waals surface area (Å²) in [7, 11) is -1.34. The highest BCUT2D eigenvalue weighted by molar-refractivity contribution is 6.92. The lowest BCUT2D eigenvalue weighted by atomic mass is 10.1. The lowest BCUT2D eigenvalue weighted by molar-refractivity contribution is 0.172. The van der Waals surface area contributed by atoms with Crippen LogP contribution in [0, 0.1) is 0 Å². The second-order valence-electron chi connectivity index (χ2n) is 10.8. The van der Waals surface area contributed by atoms with Crippen molar-refractivity contribution in [3.05, 3.63) is 0 Å². The lowest BCUT2D eigenvalue weighted by Crippen LogP contribution is -2.69. The van der Waals surface area contributed by atoms with Crippen LogP contribution in [0.2, 0.25) is 11.3 Å². The van der Waals surface area contributed by atoms with Crippen molar-refractivity contribution in [2.45, 2.75) is 127 Å². The Hall–Kier alpha value is 0.354. The maximum atomic E-state index is 3.10. The molecule has 4 heteroatoms. The highest BCUT2D eigenvalue weighted by atomic mass is 28.4. The molecule has 3 aliphatic rings. The van der Waals surface area contributed by atoms with E-state index in [9.17, 15) is 0 Å². The van der Waals surface area contributed by atoms with E-state index < -0.39 is 17.9 Å². The molecule has 1 saturated heterocycles. The molecule has 2 saturated carbocycles. The van der Waals surface area contributed by atoms with Gasteiger partial charge in [-0.05, 0) is 78.6 Å². The first-order valence-corrected chi connectivity index (χ1v) is 15.0. The molecule has 1 aliphatic heterocycles. The SMILES string of the molecule is CC(C)(C)N(C1CCCC1)[SiH]1C[SiH](N(C2CCCC2)C(C)(C)C)C1. The average Bonchev–Trinajstić information content (AvgIpc) is 3.05. The summed E-state index contributed by atoms with van der Waals surface area (Å²) in [5.41, 5.74) is 4.18. The molecule has 0 atom stereocenters. The van der Waals surface area contributed by atoms with E-state index >= 15 is 0 Å². The predicted molar refractivity (Wildman–Crippen MR) is 112 cm³/mol. The minimum absolute atomic E-state index is 0.408. The summed E-state index contributed by atoms with van der Waals surface area (Å²) in [5, 5.41) is 0. The van der Waals surface area contributed by atoms with Crippen molar-refractivity contribution in [1.82, 2.24) is 9.13 Å². The molecule has 1 heterocycles. The Morgan fingerprint density at radius 1 is 0.583 bits per heavy atom. The Balaban J connectivity index is 1.67. The van der Waals surface area contributed by atoms with Crippen molar-refractivity contribution in [2.24, 2.45) is 0 Å². The first kappa shape index (κ1) is 19.1. The molecule has 0 aromatic carbocycles. The van der Waals surface area contributed by atoms with E-state index in [4.69, 9.17) is 0 Å². The first-order chi connectivity index (χ1) is 11.2. The van der Waals surface area contributed by atoms with Crippen LogP contribution in [0.25, 0.3) is 0 Å². The van der Waals surface area contributed by atoms with Gasteiger partial charge in [0, 0.05) is 23.2 Å². The van der Waals surface area contributed by atoms with Crippen LogP contribution in [0.5, 0.6) is 0 Å². The maximum Gasteiger partial charge on any atom is 0.109 e. The molecule has 3 fully saturated rings. The number of hydrogen-bond acceptors (Lipinski definition) is 2. The molecule has 0 radical (unpaired) electrons. The van der Waals surface area contributed by atoms with Gasteiger partial charge in [0.15, 0.2) is 0 Å². The minimum Gasteiger partial charge on any atom is -0.319 e. The number of rotatable bonds is 4. The number of hydrogen-bond donors (Lipinski definition) is 0. The van der Waals surface area contributed by atoms with Gasteiger partial charge in [-0.3, -0.25) is 0 Å². The summed E-state index contributed by atoms with van der Waals surface area (Å²) < 4.78 is 6.19. The van der Waals surface area contributed by atoms with Crippen LogP contribution in [0.4, 0.5) is 0 Å². The molecule has 0 amide bonds. The second kappa shape index (κ2) is 7.17. The van der Waals surface area contributed by atoms with Gasteiger partial charge < -0.3 is 9.13 Å². The summed E-state index contributed by atoms with van der Waals surface area (Å²) in [6, 6.07) is 1.87. The van der Waals surface area contributed by atoms with Crippen molar-refractivity contribution in [2.75, 3.05) is 0 Å². The van der Waals surface area contributed by atoms with Gasteiger partial charge in [0.1, 0.15) is 17.9 Å². The standard InChI is InChI=1S/C20H42N2Si2/c1-19(2,3)21(17-11-7-8-12-17)23-15-24(16-23)22(20(4,5)6)18-13-9-10-14-18/h17-18,23-24H,7-16H2,1-6H3. The smallest absolute Gasteiger partial charge is 0.109 e. The zero-order valence-corrected chi connectivity index (χ0v) is 19.6. The summed E-state index contributed by atoms with van der Waals surface area (Å²) in [4.78, 5) is 0. The summed E-state index contributed by atoms with van der Waals surface area (Å²) in [6.07, 6.45) is 11.9. The molecule has 140 valence electrons. The van der Waals surface area contributed by atoms with E-state index in [0.717, 1.165) is 12.1 Å². The van der Waals surface area contributed by atoms with Gasteiger partial charge in [-0.25, -0.2) is 0 Å². The van der Waals surface area contributed by atoms with E-state index in [1.807, 2.05) is 0 Å². The molecule has 0 unspecified atom stereocenters. The van der Waals surface area contributed by atoms with Crippen molar-refractivity contribution in [3.63, 3.8) is 0 Å². The zero-order valence-electron chi connectivity index (χ0n) is 17.3. The van der Waals surface area contributed by atoms with Crippen LogP contribution >= 0.6 is 0 Å². The van der Waals surface area contributed by atoms with E-state index in [2.05, 4.69) is 50.7 Å². The van der Waals surface area contributed by atoms with Gasteiger partial charge in [0.2, 0.25) is 0 Å². The Morgan fingerprint density at radius 3 is 1.12 bits per heavy atom. The molecule has 3 rings (SSSR count). The van der Waals surface area contributed by atoms with Gasteiger partial charge >= 0.3 is 0 Å². The molecule has 0 aromatic heterocycles. The Bertz CT molecular complexity index is 370. The molecule has 0 N–H and O–H groups in total. The van der Waals surface area contributed by atoms with Crippen LogP contribution in [0.15, 0.2) is 0 Å². The van der Waals surface area contributed by atoms with Gasteiger partial charge in [-0.2, -0.15) is 0 Å². The van der Waals surface area contributed by atoms with Crippen LogP contribution in [-0.2, 0) is 0 Å². The van der Waals surface area contributed by atoms with Gasteiger partial charge in [0.25, 0.3) is 0 Å². The van der Waals surface area contributed by atoms with Crippen molar-refractivity contribution >= 4 is 17.9 Å². The van der Waals surface area contributed by atoms with Crippen LogP contribution in [-0.4, -0.2) is 50.2 Å². The van der Waals surface area contributed by atoms with Crippen LogP contribution < -0.4 is 0 Å². The fourth-order valence-corrected chi connectivity index (χ4v) is 18.3. The zero-order chi connectivity index (χ0) is 17.5. The third-order valence-corrected chi connectivity index (χ3v) is 19.5. The second-order valence-corrected chi connectivity index (χ2v) is 18.3. The number of nitrogens with zero attached hydrogens (tertiary/aromatic N) is 2. The largest absolute Gasteiger partial charge is 0.319 e. The molecule has 0 spiro atoms. The summed E-state index contributed by atoms with van der Waals surface area (Å²) >= 11 is 0. The van der Waals surface area contributed by atoms with Crippen LogP contribution in [0.1, 0.15) is 92.9 Å². The fraction of sp³-hybridized carbons (Fsp3) is 1.00. The van der Waals surface area contributed by atoms with Crippen molar-refractivity contribution in [3.8, 4) is 0 Å². The Kier molecular flexibility index (Phi) is 5.71. The monoisotopic (exact) mass is 366 g/mol. The van der Waals surface area contributed by atoms with E-state index in [1.165, 1.54) is 51.4 Å². The van der Waals surface area contributed by atoms with Gasteiger partial charge in [-0.15, -0.1) is 0 Å². The third kappa shape index (κ3) is 4.02. The topological polar surface area (TPSA) is 6.48 Å². The van der Waals surface area contributed by atoms with Crippen molar-refractivity contribution < 1.29 is 0 Å². The molecule has 24 heavy (non-hydrogen) atoms. The van der Waals surface area contributed by atoms with E-state index in [0.29, 0.717) is 11.1 Å². The Morgan fingerprint density at radius 2 is 0.875 bits per heavy atom. The minimum atomic E-state index is -0.669. The van der Waals surface area contributed by atoms with Crippen molar-refractivity contribution in [1.29, 1.82) is 0 Å². The predicted octanol–water partition coefficient (Wildman–Crippen LogP) is 4.61. The highest BCUT2D eigenvalue weighted by Gasteiger charge is 2.49. The normalized spacial score (nSPS) is 30.5. The quantitative estimate of drug-likeness (QED) is 0.670. The average molecular weight is 367 g/mol. The molecule has 2 aliphatic carbocycles. The Labute approximate surface area is 154 Å². The van der Waals surface area contributed by atoms with E-state index in [1.54, 1.807) is 11.3 Å². The molecular formula is C20H42N2Si2. The first-order valence-electron chi connectivity index (χ1n) is 10.7. The molecular weight excluding hydrogens is 324 g/mol. The van der Waals surface area contributed by atoms with Gasteiger partial charge in [-0.1, -0.05) is 25.7 Å². The molecule has 0 aromatic rings. The summed E-state index contributed by atoms with van der Waals surface area (Å²) in [5.74, 6) is 0. The van der Waals surface area contributed by atoms with Gasteiger partial charge in [0.05, 0.1) is 0 Å². The lowest BCUT2D eigenvalue weighted by Gasteiger charge is -2.56. The molecule has 2 nitrogen and oxygen atoms in total. The van der Waals surface area contributed by atoms with Crippen LogP contribution in [0.3, 0.4) is 0 Å². The highest BCUT2D eigenvalue weighted by Crippen LogP contribution is 2.40. The van der Waals surface area contributed by atoms with E-state index in [-0.39, 0.29) is 0 Å².